The Morgan fingerprint density at radius 2 is 1.82 bits per heavy atom. The van der Waals surface area contributed by atoms with Gasteiger partial charge in [-0.15, -0.1) is 0 Å². The van der Waals surface area contributed by atoms with Crippen LogP contribution in [0.2, 0.25) is 0 Å². The summed E-state index contributed by atoms with van der Waals surface area (Å²) in [7, 11) is -2.81. The maximum atomic E-state index is 12.4. The van der Waals surface area contributed by atoms with Gasteiger partial charge < -0.3 is 9.84 Å². The highest BCUT2D eigenvalue weighted by Crippen LogP contribution is 2.27. The smallest absolute Gasteiger partial charge is 0.322 e. The number of carboxylic acid groups (broad SMARTS) is 1. The number of aliphatic carboxylic acids is 1. The summed E-state index contributed by atoms with van der Waals surface area (Å²) >= 11 is 0. The minimum absolute atomic E-state index is 0.113. The fourth-order valence-electron chi connectivity index (χ4n) is 1.85. The summed E-state index contributed by atoms with van der Waals surface area (Å²) in [6.45, 7) is 4.73. The number of ether oxygens (including phenoxy) is 1. The molecule has 0 radical (unpaired) electrons. The minimum Gasteiger partial charge on any atom is -0.495 e. The highest BCUT2D eigenvalue weighted by atomic mass is 32.2. The topological polar surface area (TPSA) is 110 Å². The Hall–Kier alpha value is -1.93. The molecular weight excluding hydrogens is 310 g/mol. The number of benzene rings is 1. The molecule has 2 N–H and O–H groups in total. The monoisotopic (exact) mass is 329 g/mol. The lowest BCUT2D eigenvalue weighted by molar-refractivity contribution is -0.140. The van der Waals surface area contributed by atoms with E-state index < -0.39 is 34.2 Å². The third kappa shape index (κ3) is 4.28. The molecule has 1 atom stereocenters. The highest BCUT2D eigenvalue weighted by molar-refractivity contribution is 7.89. The van der Waals surface area contributed by atoms with Gasteiger partial charge >= 0.3 is 5.97 Å². The quantitative estimate of drug-likeness (QED) is 0.773. The first-order valence-electron chi connectivity index (χ1n) is 6.48. The van der Waals surface area contributed by atoms with Crippen molar-refractivity contribution in [2.45, 2.75) is 38.1 Å². The second kappa shape index (κ2) is 6.89. The van der Waals surface area contributed by atoms with Gasteiger partial charge in [-0.2, -0.15) is 4.72 Å². The van der Waals surface area contributed by atoms with Crippen LogP contribution in [0, 0.1) is 13.8 Å². The Kier molecular flexibility index (Phi) is 5.67. The first kappa shape index (κ1) is 18.1. The molecule has 0 amide bonds. The molecule has 22 heavy (non-hydrogen) atoms. The molecule has 1 aromatic carbocycles. The molecule has 7 nitrogen and oxygen atoms in total. The molecule has 1 rings (SSSR count). The van der Waals surface area contributed by atoms with Gasteiger partial charge in [0, 0.05) is 6.42 Å². The van der Waals surface area contributed by atoms with Crippen molar-refractivity contribution >= 4 is 21.8 Å². The molecular formula is C14H19NO6S. The van der Waals surface area contributed by atoms with Crippen molar-refractivity contribution in [3.8, 4) is 5.75 Å². The van der Waals surface area contributed by atoms with E-state index in [1.54, 1.807) is 19.9 Å². The molecule has 1 unspecified atom stereocenters. The molecule has 0 saturated heterocycles. The lowest BCUT2D eigenvalue weighted by Gasteiger charge is -2.16. The maximum Gasteiger partial charge on any atom is 0.322 e. The van der Waals surface area contributed by atoms with Crippen LogP contribution in [0.1, 0.15) is 24.5 Å². The summed E-state index contributed by atoms with van der Waals surface area (Å²) in [4.78, 5) is 22.0. The van der Waals surface area contributed by atoms with E-state index in [4.69, 9.17) is 9.84 Å². The predicted molar refractivity (Wildman–Crippen MR) is 79.5 cm³/mol. The van der Waals surface area contributed by atoms with Gasteiger partial charge in [0.1, 0.15) is 22.5 Å². The van der Waals surface area contributed by atoms with Gasteiger partial charge in [-0.05, 0) is 44.0 Å². The van der Waals surface area contributed by atoms with Crippen LogP contribution in [0.4, 0.5) is 0 Å². The molecule has 8 heteroatoms. The van der Waals surface area contributed by atoms with Gasteiger partial charge in [0.25, 0.3) is 0 Å². The zero-order valence-electron chi connectivity index (χ0n) is 12.8. The van der Waals surface area contributed by atoms with Gasteiger partial charge in [-0.25, -0.2) is 8.42 Å². The SMILES string of the molecule is COc1cc(C)c(C)cc1S(=O)(=O)NC(CC(C)=O)C(=O)O. The summed E-state index contributed by atoms with van der Waals surface area (Å²) in [6.07, 6.45) is -0.429. The summed E-state index contributed by atoms with van der Waals surface area (Å²) in [5, 5.41) is 9.05. The van der Waals surface area contributed by atoms with Crippen molar-refractivity contribution in [1.29, 1.82) is 0 Å². The van der Waals surface area contributed by atoms with Crippen LogP contribution in [-0.2, 0) is 19.6 Å². The van der Waals surface area contributed by atoms with E-state index in [0.29, 0.717) is 0 Å². The molecule has 0 fully saturated rings. The van der Waals surface area contributed by atoms with E-state index in [2.05, 4.69) is 0 Å². The van der Waals surface area contributed by atoms with Crippen LogP contribution in [0.3, 0.4) is 0 Å². The van der Waals surface area contributed by atoms with Crippen LogP contribution in [0.15, 0.2) is 17.0 Å². The summed E-state index contributed by atoms with van der Waals surface area (Å²) < 4.78 is 31.9. The summed E-state index contributed by atoms with van der Waals surface area (Å²) in [5.41, 5.74) is 1.56. The van der Waals surface area contributed by atoms with Gasteiger partial charge in [0.05, 0.1) is 7.11 Å². The third-order valence-electron chi connectivity index (χ3n) is 3.16. The van der Waals surface area contributed by atoms with E-state index in [9.17, 15) is 18.0 Å². The largest absolute Gasteiger partial charge is 0.495 e. The number of hydrogen-bond acceptors (Lipinski definition) is 5. The Labute approximate surface area is 129 Å². The number of carboxylic acids is 1. The van der Waals surface area contributed by atoms with Crippen molar-refractivity contribution in [3.63, 3.8) is 0 Å². The molecule has 122 valence electrons. The van der Waals surface area contributed by atoms with E-state index >= 15 is 0 Å². The molecule has 1 aromatic rings. The maximum absolute atomic E-state index is 12.4. The van der Waals surface area contributed by atoms with Gasteiger partial charge in [0.2, 0.25) is 10.0 Å². The van der Waals surface area contributed by atoms with Crippen molar-refractivity contribution in [3.05, 3.63) is 23.3 Å². The van der Waals surface area contributed by atoms with E-state index in [1.807, 2.05) is 4.72 Å². The first-order valence-corrected chi connectivity index (χ1v) is 7.96. The molecule has 0 spiro atoms. The van der Waals surface area contributed by atoms with Gasteiger partial charge in [-0.1, -0.05) is 0 Å². The van der Waals surface area contributed by atoms with Crippen molar-refractivity contribution < 1.29 is 27.9 Å². The molecule has 0 aromatic heterocycles. The van der Waals surface area contributed by atoms with Crippen molar-refractivity contribution in [1.82, 2.24) is 4.72 Å². The van der Waals surface area contributed by atoms with Crippen LogP contribution in [0.25, 0.3) is 0 Å². The van der Waals surface area contributed by atoms with Crippen LogP contribution >= 0.6 is 0 Å². The van der Waals surface area contributed by atoms with Crippen molar-refractivity contribution in [2.75, 3.05) is 7.11 Å². The second-order valence-electron chi connectivity index (χ2n) is 5.01. The Morgan fingerprint density at radius 3 is 2.27 bits per heavy atom. The fourth-order valence-corrected chi connectivity index (χ4v) is 3.28. The Bertz CT molecular complexity index is 696. The standard InChI is InChI=1S/C14H19NO6S/c1-8-5-12(21-4)13(6-9(8)2)22(19,20)15-11(14(17)18)7-10(3)16/h5-6,11,15H,7H2,1-4H3,(H,17,18). The van der Waals surface area contributed by atoms with Crippen LogP contribution in [-0.4, -0.2) is 38.4 Å². The molecule has 0 aliphatic carbocycles. The van der Waals surface area contributed by atoms with Crippen LogP contribution in [0.5, 0.6) is 5.75 Å². The number of sulfonamides is 1. The van der Waals surface area contributed by atoms with Gasteiger partial charge in [0.15, 0.2) is 0 Å². The number of aryl methyl sites for hydroxylation is 2. The van der Waals surface area contributed by atoms with E-state index in [0.717, 1.165) is 11.1 Å². The number of Topliss-reactive ketones (excluding diaryl/α,β-unsaturated/α-hetero) is 1. The number of rotatable bonds is 7. The number of hydrogen-bond donors (Lipinski definition) is 2. The third-order valence-corrected chi connectivity index (χ3v) is 4.65. The highest BCUT2D eigenvalue weighted by Gasteiger charge is 2.29. The van der Waals surface area contributed by atoms with Crippen LogP contribution < -0.4 is 9.46 Å². The zero-order chi connectivity index (χ0) is 17.1. The lowest BCUT2D eigenvalue weighted by atomic mass is 10.1. The Morgan fingerprint density at radius 1 is 1.27 bits per heavy atom. The van der Waals surface area contributed by atoms with E-state index in [1.165, 1.54) is 20.1 Å². The van der Waals surface area contributed by atoms with E-state index in [-0.39, 0.29) is 10.6 Å². The number of nitrogens with one attached hydrogen (secondary N) is 1. The first-order chi connectivity index (χ1) is 10.1. The molecule has 0 aliphatic heterocycles. The number of ketones is 1. The average Bonchev–Trinajstić information content (AvgIpc) is 2.39. The Balaban J connectivity index is 3.26. The normalized spacial score (nSPS) is 12.7. The zero-order valence-corrected chi connectivity index (χ0v) is 13.7. The number of carbonyl (C=O) groups is 2. The predicted octanol–water partition coefficient (Wildman–Crippen LogP) is 1.02. The molecule has 0 heterocycles. The average molecular weight is 329 g/mol. The molecule has 0 bridgehead atoms. The summed E-state index contributed by atoms with van der Waals surface area (Å²) in [5.74, 6) is -1.73. The minimum atomic E-state index is -4.14. The molecule has 0 saturated carbocycles. The second-order valence-corrected chi connectivity index (χ2v) is 6.69. The number of carbonyl (C=O) groups excluding carboxylic acids is 1. The number of methoxy groups -OCH3 is 1. The molecule has 0 aliphatic rings. The summed E-state index contributed by atoms with van der Waals surface area (Å²) in [6, 6.07) is 1.45. The lowest BCUT2D eigenvalue weighted by Crippen LogP contribution is -2.42. The van der Waals surface area contributed by atoms with Gasteiger partial charge in [-0.3, -0.25) is 9.59 Å². The van der Waals surface area contributed by atoms with Crippen molar-refractivity contribution in [2.24, 2.45) is 0 Å². The fraction of sp³-hybridized carbons (Fsp3) is 0.429.